The highest BCUT2D eigenvalue weighted by molar-refractivity contribution is 5.44. The summed E-state index contributed by atoms with van der Waals surface area (Å²) in [7, 11) is 0. The van der Waals surface area contributed by atoms with Crippen LogP contribution in [0.5, 0.6) is 11.5 Å². The normalized spacial score (nSPS) is 27.3. The van der Waals surface area contributed by atoms with Gasteiger partial charge in [-0.1, -0.05) is 18.4 Å². The van der Waals surface area contributed by atoms with Crippen LogP contribution in [0, 0.1) is 12.3 Å². The van der Waals surface area contributed by atoms with Gasteiger partial charge in [0.15, 0.2) is 11.5 Å². The summed E-state index contributed by atoms with van der Waals surface area (Å²) in [6, 6.07) is 5.99. The van der Waals surface area contributed by atoms with Crippen LogP contribution < -0.4 is 14.8 Å². The summed E-state index contributed by atoms with van der Waals surface area (Å²) < 4.78 is 10.7. The highest BCUT2D eigenvalue weighted by Crippen LogP contribution is 2.32. The third-order valence-electron chi connectivity index (χ3n) is 4.37. The maximum absolute atomic E-state index is 10.4. The average Bonchev–Trinajstić information content (AvgIpc) is 2.97. The molecule has 0 radical (unpaired) electrons. The lowest BCUT2D eigenvalue weighted by atomic mass is 9.81. The van der Waals surface area contributed by atoms with E-state index in [0.717, 1.165) is 43.7 Å². The molecule has 4 heteroatoms. The first kappa shape index (κ1) is 14.2. The van der Waals surface area contributed by atoms with Crippen LogP contribution in [-0.2, 0) is 6.42 Å². The van der Waals surface area contributed by atoms with Crippen molar-refractivity contribution in [2.24, 2.45) is 0 Å². The number of ether oxygens (including phenoxy) is 2. The third kappa shape index (κ3) is 2.99. The predicted molar refractivity (Wildman–Crippen MR) is 80.3 cm³/mol. The first-order chi connectivity index (χ1) is 10.2. The van der Waals surface area contributed by atoms with Gasteiger partial charge in [0.1, 0.15) is 5.60 Å². The fraction of sp³-hybridized carbons (Fsp3) is 0.529. The average molecular weight is 287 g/mol. The molecule has 2 N–H and O–H groups in total. The zero-order valence-electron chi connectivity index (χ0n) is 12.1. The van der Waals surface area contributed by atoms with Gasteiger partial charge in [0.25, 0.3) is 0 Å². The Morgan fingerprint density at radius 1 is 1.33 bits per heavy atom. The number of fused-ring (bicyclic) bond motifs is 1. The molecule has 0 amide bonds. The van der Waals surface area contributed by atoms with Gasteiger partial charge in [0, 0.05) is 6.04 Å². The molecular weight excluding hydrogens is 266 g/mol. The second-order valence-corrected chi connectivity index (χ2v) is 5.76. The number of hydrogen-bond donors (Lipinski definition) is 2. The van der Waals surface area contributed by atoms with E-state index in [0.29, 0.717) is 13.2 Å². The van der Waals surface area contributed by atoms with E-state index in [9.17, 15) is 5.11 Å². The lowest BCUT2D eigenvalue weighted by Gasteiger charge is -2.36. The summed E-state index contributed by atoms with van der Waals surface area (Å²) >= 11 is 0. The van der Waals surface area contributed by atoms with Gasteiger partial charge in [-0.05, 0) is 49.9 Å². The molecule has 1 fully saturated rings. The molecule has 1 saturated carbocycles. The summed E-state index contributed by atoms with van der Waals surface area (Å²) in [6.45, 7) is 1.09. The van der Waals surface area contributed by atoms with Gasteiger partial charge < -0.3 is 19.9 Å². The number of aliphatic hydroxyl groups is 1. The molecule has 1 aromatic rings. The van der Waals surface area contributed by atoms with Gasteiger partial charge in [0.2, 0.25) is 6.79 Å². The molecule has 2 atom stereocenters. The van der Waals surface area contributed by atoms with Crippen molar-refractivity contribution in [2.45, 2.75) is 43.7 Å². The monoisotopic (exact) mass is 287 g/mol. The van der Waals surface area contributed by atoms with Gasteiger partial charge >= 0.3 is 0 Å². The first-order valence-corrected chi connectivity index (χ1v) is 7.53. The minimum atomic E-state index is -0.993. The van der Waals surface area contributed by atoms with Crippen molar-refractivity contribution in [3.8, 4) is 23.8 Å². The van der Waals surface area contributed by atoms with Crippen molar-refractivity contribution >= 4 is 0 Å². The van der Waals surface area contributed by atoms with Crippen molar-refractivity contribution < 1.29 is 14.6 Å². The number of benzene rings is 1. The van der Waals surface area contributed by atoms with Crippen molar-refractivity contribution in [1.82, 2.24) is 5.32 Å². The molecule has 0 aromatic heterocycles. The molecule has 0 saturated heterocycles. The molecule has 2 aliphatic rings. The molecule has 21 heavy (non-hydrogen) atoms. The Morgan fingerprint density at radius 2 is 2.19 bits per heavy atom. The highest BCUT2D eigenvalue weighted by Gasteiger charge is 2.36. The van der Waals surface area contributed by atoms with E-state index in [2.05, 4.69) is 11.2 Å². The second-order valence-electron chi connectivity index (χ2n) is 5.76. The van der Waals surface area contributed by atoms with Crippen LogP contribution in [0.15, 0.2) is 18.2 Å². The van der Waals surface area contributed by atoms with Gasteiger partial charge in [-0.3, -0.25) is 0 Å². The molecule has 0 unspecified atom stereocenters. The van der Waals surface area contributed by atoms with Gasteiger partial charge in [-0.2, -0.15) is 0 Å². The van der Waals surface area contributed by atoms with E-state index in [1.54, 1.807) is 0 Å². The van der Waals surface area contributed by atoms with E-state index in [1.165, 1.54) is 5.56 Å². The molecule has 0 spiro atoms. The van der Waals surface area contributed by atoms with Crippen molar-refractivity contribution in [1.29, 1.82) is 0 Å². The molecule has 112 valence electrons. The molecule has 1 aliphatic carbocycles. The zero-order valence-corrected chi connectivity index (χ0v) is 12.1. The van der Waals surface area contributed by atoms with Crippen molar-refractivity contribution in [3.63, 3.8) is 0 Å². The lowest BCUT2D eigenvalue weighted by molar-refractivity contribution is 0.0265. The lowest BCUT2D eigenvalue weighted by Crippen LogP contribution is -2.52. The Balaban J connectivity index is 1.55. The minimum absolute atomic E-state index is 0.00902. The zero-order chi connectivity index (χ0) is 14.7. The predicted octanol–water partition coefficient (Wildman–Crippen LogP) is 1.85. The number of rotatable bonds is 4. The molecule has 1 heterocycles. The van der Waals surface area contributed by atoms with Crippen LogP contribution in [0.4, 0.5) is 0 Å². The summed E-state index contributed by atoms with van der Waals surface area (Å²) in [6.07, 6.45) is 10.1. The van der Waals surface area contributed by atoms with Crippen LogP contribution in [-0.4, -0.2) is 30.1 Å². The van der Waals surface area contributed by atoms with Crippen LogP contribution in [0.25, 0.3) is 0 Å². The standard InChI is InChI=1S/C17H21NO3/c1-2-17(19)9-4-3-5-16(17)18-10-8-13-6-7-14-15(11-13)21-12-20-14/h1,6-7,11,16,18-19H,3-5,8-10,12H2/t16-,17-/m1/s1. The largest absolute Gasteiger partial charge is 0.454 e. The van der Waals surface area contributed by atoms with E-state index >= 15 is 0 Å². The topological polar surface area (TPSA) is 50.7 Å². The molecular formula is C17H21NO3. The maximum Gasteiger partial charge on any atom is 0.231 e. The van der Waals surface area contributed by atoms with Crippen LogP contribution in [0.1, 0.15) is 31.2 Å². The molecule has 4 nitrogen and oxygen atoms in total. The van der Waals surface area contributed by atoms with Crippen molar-refractivity contribution in [3.05, 3.63) is 23.8 Å². The first-order valence-electron chi connectivity index (χ1n) is 7.53. The van der Waals surface area contributed by atoms with Gasteiger partial charge in [-0.15, -0.1) is 6.42 Å². The fourth-order valence-corrected chi connectivity index (χ4v) is 3.09. The number of nitrogens with one attached hydrogen (secondary N) is 1. The Hall–Kier alpha value is -1.70. The molecule has 0 bridgehead atoms. The second kappa shape index (κ2) is 5.97. The summed E-state index contributed by atoms with van der Waals surface area (Å²) in [5.41, 5.74) is 0.194. The SMILES string of the molecule is C#C[C@@]1(O)CCCC[C@H]1NCCc1ccc2c(c1)OCO2. The molecule has 3 rings (SSSR count). The Labute approximate surface area is 125 Å². The van der Waals surface area contributed by atoms with Crippen molar-refractivity contribution in [2.75, 3.05) is 13.3 Å². The van der Waals surface area contributed by atoms with Gasteiger partial charge in [0.05, 0.1) is 0 Å². The van der Waals surface area contributed by atoms with E-state index in [1.807, 2.05) is 18.2 Å². The van der Waals surface area contributed by atoms with Crippen LogP contribution >= 0.6 is 0 Å². The van der Waals surface area contributed by atoms with Crippen LogP contribution in [0.3, 0.4) is 0 Å². The molecule has 1 aromatic carbocycles. The van der Waals surface area contributed by atoms with Gasteiger partial charge in [-0.25, -0.2) is 0 Å². The van der Waals surface area contributed by atoms with E-state index in [-0.39, 0.29) is 6.04 Å². The third-order valence-corrected chi connectivity index (χ3v) is 4.37. The Kier molecular flexibility index (Phi) is 4.05. The summed E-state index contributed by atoms with van der Waals surface area (Å²) in [5, 5.41) is 13.8. The van der Waals surface area contributed by atoms with E-state index < -0.39 is 5.60 Å². The minimum Gasteiger partial charge on any atom is -0.454 e. The smallest absolute Gasteiger partial charge is 0.231 e. The number of hydrogen-bond acceptors (Lipinski definition) is 4. The quantitative estimate of drug-likeness (QED) is 0.830. The molecule has 1 aliphatic heterocycles. The van der Waals surface area contributed by atoms with Crippen LogP contribution in [0.2, 0.25) is 0 Å². The summed E-state index contributed by atoms with van der Waals surface area (Å²) in [5.74, 6) is 4.19. The highest BCUT2D eigenvalue weighted by atomic mass is 16.7. The number of terminal acetylenes is 1. The maximum atomic E-state index is 10.4. The summed E-state index contributed by atoms with van der Waals surface area (Å²) in [4.78, 5) is 0. The Bertz CT molecular complexity index is 551. The Morgan fingerprint density at radius 3 is 3.05 bits per heavy atom. The van der Waals surface area contributed by atoms with E-state index in [4.69, 9.17) is 15.9 Å². The fourth-order valence-electron chi connectivity index (χ4n) is 3.09.